The van der Waals surface area contributed by atoms with Crippen molar-refractivity contribution in [3.05, 3.63) is 18.2 Å². The van der Waals surface area contributed by atoms with Crippen LogP contribution in [0.3, 0.4) is 0 Å². The van der Waals surface area contributed by atoms with Gasteiger partial charge < -0.3 is 18.3 Å². The van der Waals surface area contributed by atoms with Gasteiger partial charge in [-0.05, 0) is 31.6 Å². The number of rotatable bonds is 9. The summed E-state index contributed by atoms with van der Waals surface area (Å²) in [6.45, 7) is 6.99. The third-order valence-electron chi connectivity index (χ3n) is 2.93. The summed E-state index contributed by atoms with van der Waals surface area (Å²) in [6, 6.07) is 5.60. The fraction of sp³-hybridized carbons (Fsp3) is 0.600. The minimum atomic E-state index is -2.25. The van der Waals surface area contributed by atoms with Gasteiger partial charge in [0.05, 0.1) is 14.2 Å². The maximum Gasteiger partial charge on any atom is 0.392 e. The molecule has 20 heavy (non-hydrogen) atoms. The predicted molar refractivity (Wildman–Crippen MR) is 83.1 cm³/mol. The normalized spacial score (nSPS) is 11.2. The molecule has 0 spiro atoms. The summed E-state index contributed by atoms with van der Waals surface area (Å²) < 4.78 is 22.7. The maximum absolute atomic E-state index is 6.09. The van der Waals surface area contributed by atoms with E-state index in [0.717, 1.165) is 13.0 Å². The van der Waals surface area contributed by atoms with Crippen molar-refractivity contribution in [2.75, 3.05) is 20.8 Å². The van der Waals surface area contributed by atoms with Crippen LogP contribution in [0.1, 0.15) is 26.2 Å². The lowest BCUT2D eigenvalue weighted by molar-refractivity contribution is 0.234. The van der Waals surface area contributed by atoms with Crippen LogP contribution in [-0.4, -0.2) is 29.4 Å². The summed E-state index contributed by atoms with van der Waals surface area (Å²) in [5.41, 5.74) is 0. The van der Waals surface area contributed by atoms with E-state index in [1.165, 1.54) is 12.8 Å². The summed E-state index contributed by atoms with van der Waals surface area (Å²) in [5.74, 6) is 1.97. The van der Waals surface area contributed by atoms with E-state index in [0.29, 0.717) is 17.2 Å². The summed E-state index contributed by atoms with van der Waals surface area (Å²) >= 11 is 0. The number of ether oxygens (including phenoxy) is 2. The number of methoxy groups -OCH3 is 2. The summed E-state index contributed by atoms with van der Waals surface area (Å²) in [6.07, 6.45) is 3.44. The van der Waals surface area contributed by atoms with Crippen LogP contribution in [0.25, 0.3) is 0 Å². The van der Waals surface area contributed by atoms with E-state index < -0.39 is 8.56 Å². The first-order valence-electron chi connectivity index (χ1n) is 7.08. The molecule has 1 aromatic rings. The fourth-order valence-electron chi connectivity index (χ4n) is 1.86. The van der Waals surface area contributed by atoms with E-state index in [4.69, 9.17) is 18.3 Å². The Morgan fingerprint density at radius 2 is 1.60 bits per heavy atom. The molecule has 1 rings (SSSR count). The molecule has 0 aliphatic rings. The average Bonchev–Trinajstić information content (AvgIpc) is 2.43. The van der Waals surface area contributed by atoms with E-state index in [2.05, 4.69) is 6.92 Å². The third kappa shape index (κ3) is 5.05. The van der Waals surface area contributed by atoms with Gasteiger partial charge in [-0.25, -0.2) is 0 Å². The van der Waals surface area contributed by atoms with Crippen LogP contribution >= 0.6 is 0 Å². The van der Waals surface area contributed by atoms with Gasteiger partial charge in [-0.2, -0.15) is 0 Å². The summed E-state index contributed by atoms with van der Waals surface area (Å²) in [7, 11) is 0.997. The van der Waals surface area contributed by atoms with E-state index >= 15 is 0 Å². The van der Waals surface area contributed by atoms with Gasteiger partial charge in [0.25, 0.3) is 0 Å². The van der Waals surface area contributed by atoms with Crippen LogP contribution in [0.15, 0.2) is 18.2 Å². The second-order valence-corrected chi connectivity index (χ2v) is 8.34. The van der Waals surface area contributed by atoms with Gasteiger partial charge in [-0.3, -0.25) is 0 Å². The number of unbranched alkanes of at least 4 members (excludes halogenated alkanes) is 2. The molecule has 0 saturated carbocycles. The Morgan fingerprint density at radius 3 is 2.10 bits per heavy atom. The molecule has 5 heteroatoms. The SMILES string of the molecule is CCCCCO[Si](C)(C)Oc1c(OC)cccc1OC. The lowest BCUT2D eigenvalue weighted by atomic mass is 10.3. The molecule has 0 aliphatic carbocycles. The highest BCUT2D eigenvalue weighted by atomic mass is 28.4. The van der Waals surface area contributed by atoms with Crippen LogP contribution in [0, 0.1) is 0 Å². The Kier molecular flexibility index (Phi) is 6.88. The van der Waals surface area contributed by atoms with Crippen molar-refractivity contribution in [3.63, 3.8) is 0 Å². The van der Waals surface area contributed by atoms with E-state index in [1.54, 1.807) is 14.2 Å². The van der Waals surface area contributed by atoms with Crippen molar-refractivity contribution < 1.29 is 18.3 Å². The molecule has 0 atom stereocenters. The molecule has 0 fully saturated rings. The minimum absolute atomic E-state index is 0.629. The van der Waals surface area contributed by atoms with Crippen molar-refractivity contribution in [2.45, 2.75) is 39.3 Å². The second-order valence-electron chi connectivity index (χ2n) is 5.05. The van der Waals surface area contributed by atoms with Crippen molar-refractivity contribution in [1.29, 1.82) is 0 Å². The lowest BCUT2D eigenvalue weighted by Gasteiger charge is -2.26. The van der Waals surface area contributed by atoms with E-state index in [1.807, 2.05) is 31.3 Å². The van der Waals surface area contributed by atoms with Crippen LogP contribution in [0.5, 0.6) is 17.2 Å². The van der Waals surface area contributed by atoms with Crippen LogP contribution in [-0.2, 0) is 4.43 Å². The van der Waals surface area contributed by atoms with Gasteiger partial charge in [-0.15, -0.1) is 0 Å². The molecule has 0 unspecified atom stereocenters. The van der Waals surface area contributed by atoms with Gasteiger partial charge in [0.2, 0.25) is 0 Å². The van der Waals surface area contributed by atoms with Crippen LogP contribution in [0.4, 0.5) is 0 Å². The quantitative estimate of drug-likeness (QED) is 0.510. The van der Waals surface area contributed by atoms with E-state index in [9.17, 15) is 0 Å². The summed E-state index contributed by atoms with van der Waals surface area (Å²) in [4.78, 5) is 0. The molecule has 0 radical (unpaired) electrons. The molecular formula is C15H26O4Si. The first kappa shape index (κ1) is 16.9. The van der Waals surface area contributed by atoms with Crippen molar-refractivity contribution >= 4 is 8.56 Å². The zero-order valence-corrected chi connectivity index (χ0v) is 14.2. The Hall–Kier alpha value is -1.20. The predicted octanol–water partition coefficient (Wildman–Crippen LogP) is 3.99. The highest BCUT2D eigenvalue weighted by Gasteiger charge is 2.29. The molecule has 0 saturated heterocycles. The molecule has 0 aliphatic heterocycles. The molecule has 0 aromatic heterocycles. The van der Waals surface area contributed by atoms with Gasteiger partial charge in [0, 0.05) is 6.61 Å². The molecule has 0 heterocycles. The first-order valence-corrected chi connectivity index (χ1v) is 9.89. The van der Waals surface area contributed by atoms with Crippen molar-refractivity contribution in [1.82, 2.24) is 0 Å². The standard InChI is InChI=1S/C15H26O4Si/c1-6-7-8-12-18-20(4,5)19-15-13(16-2)10-9-11-14(15)17-3/h9-11H,6-8,12H2,1-5H3. The topological polar surface area (TPSA) is 36.9 Å². The zero-order valence-electron chi connectivity index (χ0n) is 13.2. The van der Waals surface area contributed by atoms with Gasteiger partial charge in [0.1, 0.15) is 0 Å². The summed E-state index contributed by atoms with van der Waals surface area (Å²) in [5, 5.41) is 0. The number of hydrogen-bond donors (Lipinski definition) is 0. The molecular weight excluding hydrogens is 272 g/mol. The maximum atomic E-state index is 6.09. The second kappa shape index (κ2) is 8.17. The molecule has 0 amide bonds. The Balaban J connectivity index is 2.74. The van der Waals surface area contributed by atoms with Gasteiger partial charge in [-0.1, -0.05) is 25.8 Å². The smallest absolute Gasteiger partial charge is 0.392 e. The number of benzene rings is 1. The van der Waals surface area contributed by atoms with Crippen LogP contribution < -0.4 is 13.9 Å². The van der Waals surface area contributed by atoms with Crippen molar-refractivity contribution in [3.8, 4) is 17.2 Å². The first-order chi connectivity index (χ1) is 9.54. The molecule has 1 aromatic carbocycles. The largest absolute Gasteiger partial charge is 0.515 e. The molecule has 0 N–H and O–H groups in total. The zero-order chi connectivity index (χ0) is 15.0. The van der Waals surface area contributed by atoms with E-state index in [-0.39, 0.29) is 0 Å². The molecule has 4 nitrogen and oxygen atoms in total. The van der Waals surface area contributed by atoms with Crippen LogP contribution in [0.2, 0.25) is 13.1 Å². The highest BCUT2D eigenvalue weighted by molar-refractivity contribution is 6.65. The number of para-hydroxylation sites is 1. The van der Waals surface area contributed by atoms with Gasteiger partial charge >= 0.3 is 8.56 Å². The third-order valence-corrected chi connectivity index (χ3v) is 4.52. The van der Waals surface area contributed by atoms with Gasteiger partial charge in [0.15, 0.2) is 17.2 Å². The molecule has 114 valence electrons. The fourth-order valence-corrected chi connectivity index (χ4v) is 3.25. The van der Waals surface area contributed by atoms with Crippen molar-refractivity contribution in [2.24, 2.45) is 0 Å². The minimum Gasteiger partial charge on any atom is -0.515 e. The lowest BCUT2D eigenvalue weighted by Crippen LogP contribution is -2.38. The highest BCUT2D eigenvalue weighted by Crippen LogP contribution is 2.38. The monoisotopic (exact) mass is 298 g/mol. The molecule has 0 bridgehead atoms. The Morgan fingerprint density at radius 1 is 1.00 bits per heavy atom. The Bertz CT molecular complexity index is 385. The Labute approximate surface area is 123 Å². The average molecular weight is 298 g/mol. The number of hydrogen-bond acceptors (Lipinski definition) is 4.